The first-order valence-electron chi connectivity index (χ1n) is 3.61. The van der Waals surface area contributed by atoms with Crippen LogP contribution < -0.4 is 5.73 Å². The first-order valence-corrected chi connectivity index (χ1v) is 3.61. The van der Waals surface area contributed by atoms with Crippen LogP contribution in [-0.4, -0.2) is 43.4 Å². The van der Waals surface area contributed by atoms with Crippen LogP contribution in [0, 0.1) is 0 Å². The quantitative estimate of drug-likeness (QED) is 0.588. The van der Waals surface area contributed by atoms with Gasteiger partial charge in [0.05, 0.1) is 26.7 Å². The van der Waals surface area contributed by atoms with Crippen molar-refractivity contribution in [3.63, 3.8) is 0 Å². The summed E-state index contributed by atoms with van der Waals surface area (Å²) in [7, 11) is 2.33. The van der Waals surface area contributed by atoms with Crippen LogP contribution >= 0.6 is 12.4 Å². The number of hydrogen-bond acceptors (Lipinski definition) is 6. The number of halogens is 1. The largest absolute Gasteiger partial charge is 0.469 e. The zero-order valence-electron chi connectivity index (χ0n) is 7.93. The lowest BCUT2D eigenvalue weighted by Crippen LogP contribution is -2.43. The van der Waals surface area contributed by atoms with Crippen LogP contribution in [0.3, 0.4) is 0 Å². The van der Waals surface area contributed by atoms with Gasteiger partial charge in [0, 0.05) is 0 Å². The molecule has 0 aromatic heterocycles. The molecular weight excluding hydrogens is 214 g/mol. The molecule has 2 atom stereocenters. The second kappa shape index (κ2) is 7.54. The van der Waals surface area contributed by atoms with Crippen molar-refractivity contribution in [3.8, 4) is 0 Å². The van der Waals surface area contributed by atoms with Crippen molar-refractivity contribution >= 4 is 24.3 Å². The molecule has 14 heavy (non-hydrogen) atoms. The van der Waals surface area contributed by atoms with E-state index in [2.05, 4.69) is 9.47 Å². The second-order valence-electron chi connectivity index (χ2n) is 2.40. The van der Waals surface area contributed by atoms with Gasteiger partial charge in [0.1, 0.15) is 6.04 Å². The van der Waals surface area contributed by atoms with Crippen molar-refractivity contribution in [2.75, 3.05) is 14.2 Å². The number of carbonyl (C=O) groups excluding carboxylic acids is 2. The highest BCUT2D eigenvalue weighted by molar-refractivity contribution is 5.85. The standard InChI is InChI=1S/C7H13NO5.ClH/c1-12-5(10)3-4(9)6(8)7(11)13-2;/h4,6,9H,3,8H2,1-2H3;1H/t4?,6-;/m0./s1. The van der Waals surface area contributed by atoms with E-state index >= 15 is 0 Å². The Bertz CT molecular complexity index is 199. The van der Waals surface area contributed by atoms with E-state index in [4.69, 9.17) is 5.73 Å². The smallest absolute Gasteiger partial charge is 0.325 e. The molecule has 0 rings (SSSR count). The Morgan fingerprint density at radius 1 is 1.36 bits per heavy atom. The molecule has 0 aromatic rings. The van der Waals surface area contributed by atoms with E-state index in [0.29, 0.717) is 0 Å². The van der Waals surface area contributed by atoms with E-state index in [1.54, 1.807) is 0 Å². The highest BCUT2D eigenvalue weighted by Gasteiger charge is 2.25. The summed E-state index contributed by atoms with van der Waals surface area (Å²) in [6.07, 6.45) is -1.60. The topological polar surface area (TPSA) is 98.9 Å². The molecule has 0 saturated heterocycles. The molecular formula is C7H14ClNO5. The molecule has 0 bridgehead atoms. The number of rotatable bonds is 4. The summed E-state index contributed by atoms with van der Waals surface area (Å²) in [4.78, 5) is 21.4. The Morgan fingerprint density at radius 2 is 1.86 bits per heavy atom. The first-order chi connectivity index (χ1) is 6.02. The fourth-order valence-corrected chi connectivity index (χ4v) is 0.674. The van der Waals surface area contributed by atoms with Gasteiger partial charge in [0.2, 0.25) is 0 Å². The van der Waals surface area contributed by atoms with Gasteiger partial charge in [-0.3, -0.25) is 9.59 Å². The number of hydrogen-bond donors (Lipinski definition) is 2. The number of nitrogens with two attached hydrogens (primary N) is 1. The normalized spacial score (nSPS) is 13.4. The van der Waals surface area contributed by atoms with Gasteiger partial charge in [-0.2, -0.15) is 0 Å². The maximum atomic E-state index is 10.8. The van der Waals surface area contributed by atoms with Crippen LogP contribution in [0.4, 0.5) is 0 Å². The van der Waals surface area contributed by atoms with E-state index in [1.165, 1.54) is 7.11 Å². The number of aliphatic hydroxyl groups is 1. The molecule has 0 aliphatic heterocycles. The van der Waals surface area contributed by atoms with Gasteiger partial charge in [0.15, 0.2) is 0 Å². The van der Waals surface area contributed by atoms with Crippen LogP contribution in [0.5, 0.6) is 0 Å². The van der Waals surface area contributed by atoms with E-state index in [-0.39, 0.29) is 18.8 Å². The predicted octanol–water partition coefficient (Wildman–Crippen LogP) is -1.17. The van der Waals surface area contributed by atoms with E-state index in [9.17, 15) is 14.7 Å². The lowest BCUT2D eigenvalue weighted by molar-refractivity contribution is -0.148. The third-order valence-electron chi connectivity index (χ3n) is 1.49. The Balaban J connectivity index is 0. The number of methoxy groups -OCH3 is 2. The lowest BCUT2D eigenvalue weighted by atomic mass is 10.1. The van der Waals surface area contributed by atoms with Gasteiger partial charge < -0.3 is 20.3 Å². The fraction of sp³-hybridized carbons (Fsp3) is 0.714. The van der Waals surface area contributed by atoms with Gasteiger partial charge in [-0.15, -0.1) is 12.4 Å². The average molecular weight is 228 g/mol. The Kier molecular flexibility index (Phi) is 8.41. The SMILES string of the molecule is COC(=O)CC(O)[C@H](N)C(=O)OC.Cl. The number of carbonyl (C=O) groups is 2. The Morgan fingerprint density at radius 3 is 2.21 bits per heavy atom. The maximum absolute atomic E-state index is 10.8. The predicted molar refractivity (Wildman–Crippen MR) is 49.9 cm³/mol. The van der Waals surface area contributed by atoms with Crippen molar-refractivity contribution in [2.24, 2.45) is 5.73 Å². The zero-order valence-corrected chi connectivity index (χ0v) is 8.74. The maximum Gasteiger partial charge on any atom is 0.325 e. The van der Waals surface area contributed by atoms with Crippen molar-refractivity contribution in [2.45, 2.75) is 18.6 Å². The minimum Gasteiger partial charge on any atom is -0.469 e. The lowest BCUT2D eigenvalue weighted by Gasteiger charge is -2.14. The first kappa shape index (κ1) is 15.6. The number of aliphatic hydroxyl groups excluding tert-OH is 1. The molecule has 6 nitrogen and oxygen atoms in total. The van der Waals surface area contributed by atoms with Gasteiger partial charge >= 0.3 is 11.9 Å². The molecule has 84 valence electrons. The fourth-order valence-electron chi connectivity index (χ4n) is 0.674. The average Bonchev–Trinajstić information content (AvgIpc) is 2.14. The van der Waals surface area contributed by atoms with Crippen LogP contribution in [0.1, 0.15) is 6.42 Å². The van der Waals surface area contributed by atoms with Crippen LogP contribution in [0.2, 0.25) is 0 Å². The van der Waals surface area contributed by atoms with Crippen molar-refractivity contribution in [3.05, 3.63) is 0 Å². The summed E-state index contributed by atoms with van der Waals surface area (Å²) in [5, 5.41) is 9.19. The summed E-state index contributed by atoms with van der Waals surface area (Å²) >= 11 is 0. The summed E-state index contributed by atoms with van der Waals surface area (Å²) in [6.45, 7) is 0. The van der Waals surface area contributed by atoms with Gasteiger partial charge in [-0.1, -0.05) is 0 Å². The molecule has 0 fully saturated rings. The van der Waals surface area contributed by atoms with E-state index < -0.39 is 24.1 Å². The monoisotopic (exact) mass is 227 g/mol. The minimum atomic E-state index is -1.28. The van der Waals surface area contributed by atoms with Crippen LogP contribution in [-0.2, 0) is 19.1 Å². The molecule has 3 N–H and O–H groups in total. The Labute approximate surface area is 87.8 Å². The summed E-state index contributed by atoms with van der Waals surface area (Å²) in [5.41, 5.74) is 5.24. The van der Waals surface area contributed by atoms with Gasteiger partial charge in [0.25, 0.3) is 0 Å². The van der Waals surface area contributed by atoms with Crippen molar-refractivity contribution in [1.82, 2.24) is 0 Å². The van der Waals surface area contributed by atoms with Crippen molar-refractivity contribution < 1.29 is 24.2 Å². The molecule has 0 aromatic carbocycles. The highest BCUT2D eigenvalue weighted by atomic mass is 35.5. The summed E-state index contributed by atoms with van der Waals surface area (Å²) < 4.78 is 8.55. The molecule has 0 saturated carbocycles. The molecule has 7 heteroatoms. The van der Waals surface area contributed by atoms with Crippen molar-refractivity contribution in [1.29, 1.82) is 0 Å². The minimum absolute atomic E-state index is 0. The third-order valence-corrected chi connectivity index (χ3v) is 1.49. The van der Waals surface area contributed by atoms with Gasteiger partial charge in [-0.05, 0) is 0 Å². The highest BCUT2D eigenvalue weighted by Crippen LogP contribution is 1.99. The van der Waals surface area contributed by atoms with Gasteiger partial charge in [-0.25, -0.2) is 0 Å². The zero-order chi connectivity index (χ0) is 10.4. The second-order valence-corrected chi connectivity index (χ2v) is 2.40. The molecule has 0 aliphatic carbocycles. The molecule has 0 spiro atoms. The summed E-state index contributed by atoms with van der Waals surface area (Å²) in [6, 6.07) is -1.22. The molecule has 0 aliphatic rings. The number of ether oxygens (including phenoxy) is 2. The van der Waals surface area contributed by atoms with E-state index in [0.717, 1.165) is 7.11 Å². The number of esters is 2. The van der Waals surface area contributed by atoms with Crippen LogP contribution in [0.25, 0.3) is 0 Å². The molecule has 0 radical (unpaired) electrons. The third kappa shape index (κ3) is 5.00. The van der Waals surface area contributed by atoms with Crippen LogP contribution in [0.15, 0.2) is 0 Å². The van der Waals surface area contributed by atoms with E-state index in [1.807, 2.05) is 0 Å². The molecule has 0 amide bonds. The molecule has 0 heterocycles. The summed E-state index contributed by atoms with van der Waals surface area (Å²) in [5.74, 6) is -1.40. The Hall–Kier alpha value is -0.850. The molecule has 1 unspecified atom stereocenters.